The van der Waals surface area contributed by atoms with Crippen LogP contribution in [0.3, 0.4) is 0 Å². The number of nitrogens with zero attached hydrogens (tertiary/aromatic N) is 1. The van der Waals surface area contributed by atoms with Crippen molar-refractivity contribution in [3.63, 3.8) is 0 Å². The number of benzene rings is 1. The minimum Gasteiger partial charge on any atom is -0.453 e. The van der Waals surface area contributed by atoms with Gasteiger partial charge in [-0.05, 0) is 36.5 Å². The molecule has 3 unspecified atom stereocenters. The number of alkyl carbamates (subject to hydrolysis) is 1. The molecule has 0 radical (unpaired) electrons. The zero-order valence-corrected chi connectivity index (χ0v) is 18.1. The number of hydrogen-bond donors (Lipinski definition) is 3. The molecule has 1 aliphatic heterocycles. The molecule has 2 heterocycles. The maximum atomic E-state index is 13.5. The van der Waals surface area contributed by atoms with E-state index in [1.807, 2.05) is 38.1 Å². The topological polar surface area (TPSA) is 106 Å². The molecule has 1 aromatic carbocycles. The third-order valence-corrected chi connectivity index (χ3v) is 6.49. The molecule has 0 bridgehead atoms. The summed E-state index contributed by atoms with van der Waals surface area (Å²) in [5.74, 6) is 3.14. The van der Waals surface area contributed by atoms with Crippen molar-refractivity contribution in [1.29, 1.82) is 0 Å². The second-order valence-electron chi connectivity index (χ2n) is 8.92. The van der Waals surface area contributed by atoms with E-state index in [1.165, 1.54) is 7.11 Å². The number of terminal acetylenes is 1. The lowest BCUT2D eigenvalue weighted by Crippen LogP contribution is -2.47. The lowest BCUT2D eigenvalue weighted by Gasteiger charge is -2.26. The number of ether oxygens (including phenoxy) is 1. The van der Waals surface area contributed by atoms with Gasteiger partial charge in [-0.15, -0.1) is 6.42 Å². The highest BCUT2D eigenvalue weighted by molar-refractivity contribution is 5.90. The third kappa shape index (κ3) is 4.21. The number of imidazole rings is 1. The van der Waals surface area contributed by atoms with Gasteiger partial charge in [0, 0.05) is 29.5 Å². The predicted octanol–water partition coefficient (Wildman–Crippen LogP) is 2.84. The summed E-state index contributed by atoms with van der Waals surface area (Å²) in [5.41, 5.74) is 2.71. The SMILES string of the molecule is C#Cc1ccc(-c2cnc(C3C[C@@]4(CN4)CC3C(=O)C(NC(=O)OC)C(C)C)[nH]2)cc1. The van der Waals surface area contributed by atoms with Crippen molar-refractivity contribution in [1.82, 2.24) is 20.6 Å². The van der Waals surface area contributed by atoms with Crippen LogP contribution in [0.1, 0.15) is 44.0 Å². The van der Waals surface area contributed by atoms with E-state index in [0.717, 1.165) is 42.0 Å². The highest BCUT2D eigenvalue weighted by Crippen LogP contribution is 2.50. The molecule has 31 heavy (non-hydrogen) atoms. The van der Waals surface area contributed by atoms with Gasteiger partial charge in [0.1, 0.15) is 5.82 Å². The Hall–Kier alpha value is -3.11. The van der Waals surface area contributed by atoms with Gasteiger partial charge in [0.2, 0.25) is 0 Å². The van der Waals surface area contributed by atoms with Crippen LogP contribution in [-0.4, -0.2) is 47.1 Å². The number of aromatic amines is 1. The Kier molecular flexibility index (Phi) is 5.59. The highest BCUT2D eigenvalue weighted by atomic mass is 16.5. The minimum absolute atomic E-state index is 0.000808. The number of ketones is 1. The van der Waals surface area contributed by atoms with E-state index in [-0.39, 0.29) is 29.1 Å². The lowest BCUT2D eigenvalue weighted by molar-refractivity contribution is -0.126. The van der Waals surface area contributed by atoms with E-state index in [0.29, 0.717) is 0 Å². The number of carbonyl (C=O) groups is 2. The summed E-state index contributed by atoms with van der Waals surface area (Å²) in [4.78, 5) is 33.4. The predicted molar refractivity (Wildman–Crippen MR) is 117 cm³/mol. The fourth-order valence-corrected chi connectivity index (χ4v) is 4.61. The van der Waals surface area contributed by atoms with E-state index < -0.39 is 12.1 Å². The molecule has 1 amide bonds. The average molecular weight is 421 g/mol. The number of amides is 1. The molecule has 1 aromatic heterocycles. The number of rotatable bonds is 6. The third-order valence-electron chi connectivity index (χ3n) is 6.49. The zero-order valence-electron chi connectivity index (χ0n) is 18.1. The summed E-state index contributed by atoms with van der Waals surface area (Å²) in [5, 5.41) is 6.17. The van der Waals surface area contributed by atoms with Crippen molar-refractivity contribution in [2.75, 3.05) is 13.7 Å². The van der Waals surface area contributed by atoms with Crippen LogP contribution in [0, 0.1) is 24.2 Å². The number of hydrogen-bond acceptors (Lipinski definition) is 5. The summed E-state index contributed by atoms with van der Waals surface area (Å²) < 4.78 is 4.73. The molecule has 2 aromatic rings. The largest absolute Gasteiger partial charge is 0.453 e. The first kappa shape index (κ1) is 21.1. The van der Waals surface area contributed by atoms with Gasteiger partial charge < -0.3 is 20.4 Å². The number of carbonyl (C=O) groups excluding carboxylic acids is 2. The van der Waals surface area contributed by atoms with Crippen LogP contribution in [0.4, 0.5) is 4.79 Å². The van der Waals surface area contributed by atoms with Crippen LogP contribution in [0.25, 0.3) is 11.3 Å². The molecule has 162 valence electrons. The van der Waals surface area contributed by atoms with E-state index in [1.54, 1.807) is 6.20 Å². The second-order valence-corrected chi connectivity index (χ2v) is 8.92. The molecular formula is C24H28N4O3. The summed E-state index contributed by atoms with van der Waals surface area (Å²) in [6, 6.07) is 7.12. The quantitative estimate of drug-likeness (QED) is 0.492. The van der Waals surface area contributed by atoms with Gasteiger partial charge in [-0.25, -0.2) is 9.78 Å². The first-order valence-corrected chi connectivity index (χ1v) is 10.6. The fourth-order valence-electron chi connectivity index (χ4n) is 4.61. The Bertz CT molecular complexity index is 1010. The summed E-state index contributed by atoms with van der Waals surface area (Å²) in [7, 11) is 1.30. The van der Waals surface area contributed by atoms with Gasteiger partial charge in [-0.2, -0.15) is 0 Å². The van der Waals surface area contributed by atoms with Crippen molar-refractivity contribution in [3.05, 3.63) is 41.9 Å². The molecule has 4 rings (SSSR count). The Morgan fingerprint density at radius 1 is 1.29 bits per heavy atom. The van der Waals surface area contributed by atoms with Gasteiger partial charge in [0.25, 0.3) is 0 Å². The molecular weight excluding hydrogens is 392 g/mol. The molecule has 2 aliphatic rings. The van der Waals surface area contributed by atoms with E-state index in [9.17, 15) is 9.59 Å². The first-order chi connectivity index (χ1) is 14.9. The number of methoxy groups -OCH3 is 1. The van der Waals surface area contributed by atoms with Crippen molar-refractivity contribution in [2.24, 2.45) is 11.8 Å². The smallest absolute Gasteiger partial charge is 0.407 e. The van der Waals surface area contributed by atoms with Crippen molar-refractivity contribution >= 4 is 11.9 Å². The van der Waals surface area contributed by atoms with Gasteiger partial charge >= 0.3 is 6.09 Å². The number of aromatic nitrogens is 2. The Balaban J connectivity index is 1.59. The van der Waals surface area contributed by atoms with E-state index >= 15 is 0 Å². The molecule has 1 spiro atoms. The maximum Gasteiger partial charge on any atom is 0.407 e. The molecule has 2 fully saturated rings. The highest BCUT2D eigenvalue weighted by Gasteiger charge is 2.56. The monoisotopic (exact) mass is 420 g/mol. The van der Waals surface area contributed by atoms with Crippen LogP contribution in [0.15, 0.2) is 30.5 Å². The number of nitrogens with one attached hydrogen (secondary N) is 3. The summed E-state index contributed by atoms with van der Waals surface area (Å²) >= 11 is 0. The maximum absolute atomic E-state index is 13.5. The molecule has 3 N–H and O–H groups in total. The second kappa shape index (κ2) is 8.20. The van der Waals surface area contributed by atoms with Crippen LogP contribution in [0.2, 0.25) is 0 Å². The summed E-state index contributed by atoms with van der Waals surface area (Å²) in [6.07, 6.45) is 8.25. The van der Waals surface area contributed by atoms with E-state index in [4.69, 9.17) is 11.2 Å². The van der Waals surface area contributed by atoms with Crippen LogP contribution >= 0.6 is 0 Å². The lowest BCUT2D eigenvalue weighted by atomic mass is 9.84. The first-order valence-electron chi connectivity index (χ1n) is 10.6. The molecule has 7 nitrogen and oxygen atoms in total. The van der Waals surface area contributed by atoms with Crippen LogP contribution < -0.4 is 10.6 Å². The van der Waals surface area contributed by atoms with Gasteiger partial charge in [-0.3, -0.25) is 4.79 Å². The standard InChI is InChI=1S/C24H28N4O3/c1-5-15-6-8-16(9-7-15)19-12-25-22(27-19)18-11-24(13-26-24)10-17(18)21(29)20(14(2)3)28-23(30)31-4/h1,6-9,12,14,17-18,20,26H,10-11,13H2,2-4H3,(H,25,27)(H,28,30)/t17?,18?,20?,24-/m1/s1. The molecule has 1 aliphatic carbocycles. The van der Waals surface area contributed by atoms with Crippen LogP contribution in [0.5, 0.6) is 0 Å². The average Bonchev–Trinajstić information content (AvgIpc) is 3.18. The van der Waals surface area contributed by atoms with Crippen molar-refractivity contribution < 1.29 is 14.3 Å². The fraction of sp³-hybridized carbons (Fsp3) is 0.458. The summed E-state index contributed by atoms with van der Waals surface area (Å²) in [6.45, 7) is 4.77. The molecule has 1 saturated carbocycles. The minimum atomic E-state index is -0.598. The zero-order chi connectivity index (χ0) is 22.2. The van der Waals surface area contributed by atoms with Gasteiger partial charge in [0.05, 0.1) is 25.0 Å². The van der Waals surface area contributed by atoms with E-state index in [2.05, 4.69) is 26.5 Å². The van der Waals surface area contributed by atoms with Crippen molar-refractivity contribution in [3.8, 4) is 23.6 Å². The van der Waals surface area contributed by atoms with Crippen molar-refractivity contribution in [2.45, 2.75) is 44.2 Å². The number of Topliss-reactive ketones (excluding diaryl/α,β-unsaturated/α-hetero) is 1. The molecule has 1 saturated heterocycles. The van der Waals surface area contributed by atoms with Gasteiger partial charge in [0.15, 0.2) is 5.78 Å². The Morgan fingerprint density at radius 3 is 2.58 bits per heavy atom. The van der Waals surface area contributed by atoms with Crippen LogP contribution in [-0.2, 0) is 9.53 Å². The molecule has 4 atom stereocenters. The Morgan fingerprint density at radius 2 is 2.00 bits per heavy atom. The normalized spacial score (nSPS) is 25.3. The Labute approximate surface area is 182 Å². The van der Waals surface area contributed by atoms with Gasteiger partial charge in [-0.1, -0.05) is 31.9 Å². The molecule has 7 heteroatoms. The number of H-pyrrole nitrogens is 1.